The fourth-order valence-electron chi connectivity index (χ4n) is 5.44. The molecule has 2 aromatic carbocycles. The molecule has 0 spiro atoms. The molecule has 2 fully saturated rings. The number of anilines is 2. The summed E-state index contributed by atoms with van der Waals surface area (Å²) >= 11 is 0. The lowest BCUT2D eigenvalue weighted by atomic mass is 10.0. The average molecular weight is 638 g/mol. The second-order valence-electron chi connectivity index (χ2n) is 10.5. The van der Waals surface area contributed by atoms with E-state index < -0.39 is 55.7 Å². The van der Waals surface area contributed by atoms with Crippen LogP contribution < -0.4 is 21.0 Å². The van der Waals surface area contributed by atoms with Crippen LogP contribution in [0.4, 0.5) is 15.8 Å². The minimum Gasteiger partial charge on any atom is -0.477 e. The maximum atomic E-state index is 15.2. The summed E-state index contributed by atoms with van der Waals surface area (Å²) in [6.07, 6.45) is 0.778. The van der Waals surface area contributed by atoms with Gasteiger partial charge in [-0.25, -0.2) is 9.18 Å². The monoisotopic (exact) mass is 638 g/mol. The minimum atomic E-state index is -5.24. The first-order chi connectivity index (χ1) is 20.2. The molecule has 1 aromatic heterocycles. The van der Waals surface area contributed by atoms with E-state index in [-0.39, 0.29) is 34.1 Å². The number of benzene rings is 2. The van der Waals surface area contributed by atoms with Crippen molar-refractivity contribution in [2.45, 2.75) is 30.7 Å². The van der Waals surface area contributed by atoms with Crippen LogP contribution in [-0.2, 0) is 20.3 Å². The maximum absolute atomic E-state index is 15.2. The molecule has 1 aliphatic carbocycles. The zero-order chi connectivity index (χ0) is 31.3. The third-order valence-corrected chi connectivity index (χ3v) is 11.1. The molecular weight excluding hydrogens is 609 g/mol. The van der Waals surface area contributed by atoms with Gasteiger partial charge in [-0.2, -0.15) is 0 Å². The molecule has 0 bridgehead atoms. The molecule has 17 heteroatoms. The molecular formula is C26H29FN4O10P2. The predicted octanol–water partition coefficient (Wildman–Crippen LogP) is 2.12. The van der Waals surface area contributed by atoms with E-state index in [2.05, 4.69) is 10.6 Å². The van der Waals surface area contributed by atoms with Crippen LogP contribution in [0.1, 0.15) is 45.9 Å². The lowest BCUT2D eigenvalue weighted by Crippen LogP contribution is -2.44. The topological polar surface area (TPSA) is 219 Å². The number of pyridine rings is 1. The molecule has 230 valence electrons. The highest BCUT2D eigenvalue weighted by Gasteiger charge is 2.44. The summed E-state index contributed by atoms with van der Waals surface area (Å²) in [5.41, 5.74) is -1.29. The summed E-state index contributed by atoms with van der Waals surface area (Å²) in [7, 11) is -10.5. The summed E-state index contributed by atoms with van der Waals surface area (Å²) in [6.45, 7) is 2.33. The Morgan fingerprint density at radius 2 is 1.63 bits per heavy atom. The van der Waals surface area contributed by atoms with Crippen molar-refractivity contribution < 1.29 is 47.8 Å². The van der Waals surface area contributed by atoms with Gasteiger partial charge in [0.15, 0.2) is 5.40 Å². The summed E-state index contributed by atoms with van der Waals surface area (Å²) < 4.78 is 40.3. The van der Waals surface area contributed by atoms with Gasteiger partial charge in [0.2, 0.25) is 11.3 Å². The molecule has 1 saturated heterocycles. The SMILES string of the molecule is O=C(Cc1c(C(=O)O)c(=O)c2cc(F)c(N3CCNCC3)cc2n1C1CC1)Nc1ccc(C(P(=O)(O)O)P(=O)(O)O)cc1. The van der Waals surface area contributed by atoms with Gasteiger partial charge in [0.25, 0.3) is 0 Å². The zero-order valence-corrected chi connectivity index (χ0v) is 24.3. The van der Waals surface area contributed by atoms with Crippen LogP contribution in [-0.4, -0.2) is 67.3 Å². The van der Waals surface area contributed by atoms with E-state index in [1.165, 1.54) is 18.2 Å². The summed E-state index contributed by atoms with van der Waals surface area (Å²) in [5, 5.41) is 13.2. The van der Waals surface area contributed by atoms with Gasteiger partial charge in [-0.15, -0.1) is 0 Å². The number of carbonyl (C=O) groups excluding carboxylic acids is 1. The van der Waals surface area contributed by atoms with E-state index in [1.807, 2.05) is 4.90 Å². The van der Waals surface area contributed by atoms with Crippen molar-refractivity contribution in [2.24, 2.45) is 0 Å². The Morgan fingerprint density at radius 1 is 1.02 bits per heavy atom. The van der Waals surface area contributed by atoms with Crippen LogP contribution in [0.5, 0.6) is 0 Å². The molecule has 0 radical (unpaired) electrons. The smallest absolute Gasteiger partial charge is 0.345 e. The van der Waals surface area contributed by atoms with Crippen molar-refractivity contribution in [1.82, 2.24) is 9.88 Å². The van der Waals surface area contributed by atoms with Crippen molar-refractivity contribution in [1.29, 1.82) is 0 Å². The first-order valence-electron chi connectivity index (χ1n) is 13.3. The fourth-order valence-corrected chi connectivity index (χ4v) is 8.12. The molecule has 5 rings (SSSR count). The Balaban J connectivity index is 1.52. The number of carboxylic acid groups (broad SMARTS) is 1. The summed E-state index contributed by atoms with van der Waals surface area (Å²) in [4.78, 5) is 78.5. The van der Waals surface area contributed by atoms with Gasteiger partial charge in [0.1, 0.15) is 11.4 Å². The number of fused-ring (bicyclic) bond motifs is 1. The van der Waals surface area contributed by atoms with Crippen LogP contribution in [0.15, 0.2) is 41.2 Å². The number of aromatic carboxylic acids is 1. The maximum Gasteiger partial charge on any atom is 0.345 e. The van der Waals surface area contributed by atoms with Gasteiger partial charge >= 0.3 is 21.2 Å². The van der Waals surface area contributed by atoms with Gasteiger partial charge < -0.3 is 44.8 Å². The normalized spacial score (nSPS) is 16.1. The van der Waals surface area contributed by atoms with Crippen LogP contribution in [0.3, 0.4) is 0 Å². The molecule has 1 aliphatic heterocycles. The Kier molecular flexibility index (Phi) is 8.36. The van der Waals surface area contributed by atoms with Crippen molar-refractivity contribution in [3.63, 3.8) is 0 Å². The Hall–Kier alpha value is -3.42. The van der Waals surface area contributed by atoms with Crippen molar-refractivity contribution in [3.05, 3.63) is 69.3 Å². The Bertz CT molecular complexity index is 1740. The highest BCUT2D eigenvalue weighted by atomic mass is 31.2. The van der Waals surface area contributed by atoms with Crippen LogP contribution in [0, 0.1) is 5.82 Å². The lowest BCUT2D eigenvalue weighted by molar-refractivity contribution is -0.115. The second-order valence-corrected chi connectivity index (χ2v) is 14.3. The van der Waals surface area contributed by atoms with E-state index in [0.717, 1.165) is 18.2 Å². The second kappa shape index (κ2) is 11.6. The number of carboxylic acids is 1. The number of nitrogens with zero attached hydrogens (tertiary/aromatic N) is 2. The Morgan fingerprint density at radius 3 is 2.16 bits per heavy atom. The van der Waals surface area contributed by atoms with Crippen molar-refractivity contribution >= 4 is 49.3 Å². The number of aromatic nitrogens is 1. The van der Waals surface area contributed by atoms with Gasteiger partial charge in [-0.05, 0) is 42.7 Å². The predicted molar refractivity (Wildman–Crippen MR) is 154 cm³/mol. The van der Waals surface area contributed by atoms with E-state index in [0.29, 0.717) is 44.5 Å². The van der Waals surface area contributed by atoms with E-state index in [1.54, 1.807) is 4.57 Å². The van der Waals surface area contributed by atoms with Gasteiger partial charge in [0.05, 0.1) is 17.6 Å². The molecule has 0 unspecified atom stereocenters. The molecule has 3 aromatic rings. The molecule has 2 heterocycles. The van der Waals surface area contributed by atoms with Crippen molar-refractivity contribution in [2.75, 3.05) is 36.4 Å². The van der Waals surface area contributed by atoms with Gasteiger partial charge in [-0.3, -0.25) is 18.7 Å². The van der Waals surface area contributed by atoms with Crippen LogP contribution >= 0.6 is 15.2 Å². The number of carbonyl (C=O) groups is 2. The third kappa shape index (κ3) is 6.43. The molecule has 0 atom stereocenters. The highest BCUT2D eigenvalue weighted by Crippen LogP contribution is 2.69. The number of halogens is 1. The van der Waals surface area contributed by atoms with Gasteiger partial charge in [-0.1, -0.05) is 12.1 Å². The molecule has 7 N–H and O–H groups in total. The molecule has 2 aliphatic rings. The Labute approximate surface area is 243 Å². The number of hydrogen-bond acceptors (Lipinski definition) is 7. The molecule has 1 saturated carbocycles. The number of rotatable bonds is 9. The zero-order valence-electron chi connectivity index (χ0n) is 22.5. The first-order valence-corrected chi connectivity index (χ1v) is 16.6. The fraction of sp³-hybridized carbons (Fsp3) is 0.346. The average Bonchev–Trinajstić information content (AvgIpc) is 3.74. The number of hydrogen-bond donors (Lipinski definition) is 7. The van der Waals surface area contributed by atoms with Crippen molar-refractivity contribution in [3.8, 4) is 0 Å². The number of piperazine rings is 1. The molecule has 14 nitrogen and oxygen atoms in total. The number of nitrogens with one attached hydrogen (secondary N) is 2. The van der Waals surface area contributed by atoms with Crippen LogP contribution in [0.2, 0.25) is 0 Å². The summed E-state index contributed by atoms with van der Waals surface area (Å²) in [5.74, 6) is -2.95. The van der Waals surface area contributed by atoms with Crippen LogP contribution in [0.25, 0.3) is 10.9 Å². The van der Waals surface area contributed by atoms with Gasteiger partial charge in [0, 0.05) is 49.0 Å². The minimum absolute atomic E-state index is 0.0532. The highest BCUT2D eigenvalue weighted by molar-refractivity contribution is 7.70. The summed E-state index contributed by atoms with van der Waals surface area (Å²) in [6, 6.07) is 6.82. The quantitative estimate of drug-likeness (QED) is 0.168. The molecule has 1 amide bonds. The van der Waals surface area contributed by atoms with E-state index in [4.69, 9.17) is 0 Å². The largest absolute Gasteiger partial charge is 0.477 e. The lowest BCUT2D eigenvalue weighted by Gasteiger charge is -2.30. The molecule has 43 heavy (non-hydrogen) atoms. The third-order valence-electron chi connectivity index (χ3n) is 7.42. The number of amides is 1. The van der Waals surface area contributed by atoms with E-state index in [9.17, 15) is 48.2 Å². The van der Waals surface area contributed by atoms with E-state index >= 15 is 4.39 Å². The first kappa shape index (κ1) is 31.0. The standard InChI is InChI=1S/C26H29FN4O10P2/c27-18-11-17-19(12-20(18)30-9-7-28-8-10-30)31(16-5-6-16)21(23(24(17)33)25(34)35)13-22(32)29-15-3-1-14(2-4-15)26(42(36,37)38)43(39,40)41/h1-4,11-12,16,26,28H,5-10,13H2,(H,29,32)(H,34,35)(H2,36,37,38)(H2,39,40,41).